The van der Waals surface area contributed by atoms with Crippen LogP contribution in [0.25, 0.3) is 0 Å². The van der Waals surface area contributed by atoms with Gasteiger partial charge in [0.15, 0.2) is 11.5 Å². The van der Waals surface area contributed by atoms with E-state index < -0.39 is 6.03 Å². The van der Waals surface area contributed by atoms with E-state index in [4.69, 9.17) is 14.2 Å². The molecule has 0 aliphatic carbocycles. The van der Waals surface area contributed by atoms with E-state index in [0.29, 0.717) is 29.5 Å². The van der Waals surface area contributed by atoms with Crippen molar-refractivity contribution in [1.82, 2.24) is 10.9 Å². The van der Waals surface area contributed by atoms with E-state index in [-0.39, 0.29) is 12.3 Å². The fourth-order valence-corrected chi connectivity index (χ4v) is 2.31. The second-order valence-electron chi connectivity index (χ2n) is 5.45. The van der Waals surface area contributed by atoms with Crippen LogP contribution in [0.15, 0.2) is 42.5 Å². The van der Waals surface area contributed by atoms with E-state index in [1.807, 2.05) is 6.92 Å². The van der Waals surface area contributed by atoms with Crippen molar-refractivity contribution in [3.8, 4) is 17.2 Å². The van der Waals surface area contributed by atoms with Gasteiger partial charge in [0.1, 0.15) is 5.75 Å². The van der Waals surface area contributed by atoms with Gasteiger partial charge in [-0.15, -0.1) is 0 Å². The number of urea groups is 1. The summed E-state index contributed by atoms with van der Waals surface area (Å²) < 4.78 is 15.7. The molecular formula is C19H23N3O5. The van der Waals surface area contributed by atoms with E-state index in [1.165, 1.54) is 14.2 Å². The Balaban J connectivity index is 1.81. The van der Waals surface area contributed by atoms with E-state index in [1.54, 1.807) is 42.5 Å². The van der Waals surface area contributed by atoms with Gasteiger partial charge < -0.3 is 19.5 Å². The second-order valence-corrected chi connectivity index (χ2v) is 5.45. The summed E-state index contributed by atoms with van der Waals surface area (Å²) in [6.45, 7) is 2.46. The Bertz CT molecular complexity index is 777. The number of benzene rings is 2. The number of anilines is 1. The Hall–Kier alpha value is -3.42. The lowest BCUT2D eigenvalue weighted by Crippen LogP contribution is -2.44. The third-order valence-corrected chi connectivity index (χ3v) is 3.55. The minimum Gasteiger partial charge on any atom is -0.494 e. The van der Waals surface area contributed by atoms with E-state index in [2.05, 4.69) is 16.2 Å². The van der Waals surface area contributed by atoms with Crippen LogP contribution >= 0.6 is 0 Å². The molecule has 8 nitrogen and oxygen atoms in total. The molecule has 0 aliphatic rings. The molecule has 0 radical (unpaired) electrons. The molecule has 0 atom stereocenters. The van der Waals surface area contributed by atoms with E-state index >= 15 is 0 Å². The van der Waals surface area contributed by atoms with Gasteiger partial charge in [-0.3, -0.25) is 10.2 Å². The number of ether oxygens (including phenoxy) is 3. The van der Waals surface area contributed by atoms with Crippen molar-refractivity contribution < 1.29 is 23.8 Å². The Labute approximate surface area is 157 Å². The number of carbonyl (C=O) groups is 2. The maximum Gasteiger partial charge on any atom is 0.337 e. The molecule has 0 saturated carbocycles. The first-order chi connectivity index (χ1) is 13.0. The highest BCUT2D eigenvalue weighted by atomic mass is 16.5. The molecular weight excluding hydrogens is 350 g/mol. The lowest BCUT2D eigenvalue weighted by molar-refractivity contribution is -0.121. The molecule has 27 heavy (non-hydrogen) atoms. The highest BCUT2D eigenvalue weighted by Crippen LogP contribution is 2.27. The zero-order valence-electron chi connectivity index (χ0n) is 15.5. The molecule has 0 spiro atoms. The molecule has 2 rings (SSSR count). The number of amides is 3. The van der Waals surface area contributed by atoms with Gasteiger partial charge in [0.05, 0.1) is 27.2 Å². The predicted octanol–water partition coefficient (Wildman–Crippen LogP) is 2.50. The quantitative estimate of drug-likeness (QED) is 0.648. The molecule has 8 heteroatoms. The van der Waals surface area contributed by atoms with Crippen molar-refractivity contribution in [2.75, 3.05) is 26.1 Å². The normalized spacial score (nSPS) is 9.89. The average molecular weight is 373 g/mol. The Kier molecular flexibility index (Phi) is 7.30. The third-order valence-electron chi connectivity index (χ3n) is 3.55. The highest BCUT2D eigenvalue weighted by molar-refractivity contribution is 5.91. The van der Waals surface area contributed by atoms with Crippen LogP contribution in [-0.4, -0.2) is 32.8 Å². The largest absolute Gasteiger partial charge is 0.494 e. The molecule has 0 fully saturated rings. The van der Waals surface area contributed by atoms with Gasteiger partial charge in [0, 0.05) is 5.69 Å². The molecule has 2 aromatic carbocycles. The zero-order valence-corrected chi connectivity index (χ0v) is 15.5. The number of hydrazine groups is 1. The summed E-state index contributed by atoms with van der Waals surface area (Å²) in [5.41, 5.74) is 5.95. The van der Waals surface area contributed by atoms with Gasteiger partial charge in [-0.1, -0.05) is 6.07 Å². The first kappa shape index (κ1) is 19.9. The fraction of sp³-hybridized carbons (Fsp3) is 0.263. The average Bonchev–Trinajstić information content (AvgIpc) is 2.68. The summed E-state index contributed by atoms with van der Waals surface area (Å²) in [5, 5.41) is 2.61. The van der Waals surface area contributed by atoms with Crippen LogP contribution in [0.3, 0.4) is 0 Å². The number of methoxy groups -OCH3 is 2. The van der Waals surface area contributed by atoms with Gasteiger partial charge in [0.2, 0.25) is 5.91 Å². The maximum atomic E-state index is 12.0. The summed E-state index contributed by atoms with van der Waals surface area (Å²) in [7, 11) is 3.06. The summed E-state index contributed by atoms with van der Waals surface area (Å²) in [5.74, 6) is 1.45. The Morgan fingerprint density at radius 1 is 0.926 bits per heavy atom. The minimum absolute atomic E-state index is 0.0731. The lowest BCUT2D eigenvalue weighted by atomic mass is 10.1. The molecule has 0 aromatic heterocycles. The molecule has 3 amide bonds. The van der Waals surface area contributed by atoms with E-state index in [9.17, 15) is 9.59 Å². The van der Waals surface area contributed by atoms with Crippen LogP contribution in [-0.2, 0) is 11.2 Å². The van der Waals surface area contributed by atoms with Gasteiger partial charge in [-0.05, 0) is 48.9 Å². The predicted molar refractivity (Wildman–Crippen MR) is 101 cm³/mol. The monoisotopic (exact) mass is 373 g/mol. The lowest BCUT2D eigenvalue weighted by Gasteiger charge is -2.11. The van der Waals surface area contributed by atoms with Crippen molar-refractivity contribution in [2.45, 2.75) is 13.3 Å². The van der Waals surface area contributed by atoms with Crippen LogP contribution in [0.2, 0.25) is 0 Å². The third kappa shape index (κ3) is 6.10. The standard InChI is InChI=1S/C19H23N3O5/c1-4-27-15-8-6-14(7-9-15)20-19(24)22-21-18(23)12-13-5-10-16(25-2)17(11-13)26-3/h5-11H,4,12H2,1-3H3,(H,21,23)(H2,20,22,24). The molecule has 0 bridgehead atoms. The van der Waals surface area contributed by atoms with Gasteiger partial charge in [0.25, 0.3) is 0 Å². The van der Waals surface area contributed by atoms with Crippen molar-refractivity contribution in [1.29, 1.82) is 0 Å². The summed E-state index contributed by atoms with van der Waals surface area (Å²) in [6, 6.07) is 11.5. The first-order valence-corrected chi connectivity index (χ1v) is 8.35. The number of nitrogens with one attached hydrogen (secondary N) is 3. The zero-order chi connectivity index (χ0) is 19.6. The molecule has 0 saturated heterocycles. The van der Waals surface area contributed by atoms with Crippen LogP contribution in [0, 0.1) is 0 Å². The number of carbonyl (C=O) groups excluding carboxylic acids is 2. The van der Waals surface area contributed by atoms with Gasteiger partial charge in [-0.2, -0.15) is 0 Å². The summed E-state index contributed by atoms with van der Waals surface area (Å²) in [6.07, 6.45) is 0.0731. The maximum absolute atomic E-state index is 12.0. The van der Waals surface area contributed by atoms with E-state index in [0.717, 1.165) is 5.56 Å². The molecule has 144 valence electrons. The molecule has 2 aromatic rings. The highest BCUT2D eigenvalue weighted by Gasteiger charge is 2.09. The number of hydrogen-bond donors (Lipinski definition) is 3. The van der Waals surface area contributed by atoms with Gasteiger partial charge >= 0.3 is 6.03 Å². The smallest absolute Gasteiger partial charge is 0.337 e. The number of rotatable bonds is 7. The Morgan fingerprint density at radius 2 is 1.63 bits per heavy atom. The minimum atomic E-state index is -0.556. The first-order valence-electron chi connectivity index (χ1n) is 8.35. The molecule has 0 heterocycles. The molecule has 3 N–H and O–H groups in total. The van der Waals surface area contributed by atoms with Gasteiger partial charge in [-0.25, -0.2) is 10.2 Å². The van der Waals surface area contributed by atoms with Crippen molar-refractivity contribution >= 4 is 17.6 Å². The van der Waals surface area contributed by atoms with Crippen LogP contribution < -0.4 is 30.4 Å². The molecule has 0 unspecified atom stereocenters. The number of hydrogen-bond acceptors (Lipinski definition) is 5. The van der Waals surface area contributed by atoms with Crippen molar-refractivity contribution in [3.63, 3.8) is 0 Å². The van der Waals surface area contributed by atoms with Crippen molar-refractivity contribution in [3.05, 3.63) is 48.0 Å². The Morgan fingerprint density at radius 3 is 2.26 bits per heavy atom. The van der Waals surface area contributed by atoms with Crippen LogP contribution in [0.5, 0.6) is 17.2 Å². The van der Waals surface area contributed by atoms with Crippen LogP contribution in [0.4, 0.5) is 10.5 Å². The fourth-order valence-electron chi connectivity index (χ4n) is 2.31. The second kappa shape index (κ2) is 9.91. The topological polar surface area (TPSA) is 97.9 Å². The van der Waals surface area contributed by atoms with Crippen molar-refractivity contribution in [2.24, 2.45) is 0 Å². The van der Waals surface area contributed by atoms with Crippen LogP contribution in [0.1, 0.15) is 12.5 Å². The summed E-state index contributed by atoms with van der Waals surface area (Å²) >= 11 is 0. The summed E-state index contributed by atoms with van der Waals surface area (Å²) in [4.78, 5) is 23.9. The molecule has 0 aliphatic heterocycles. The SMILES string of the molecule is CCOc1ccc(NC(=O)NNC(=O)Cc2ccc(OC)c(OC)c2)cc1.